The molecule has 1 aromatic heterocycles. The Bertz CT molecular complexity index is 535. The number of benzene rings is 1. The van der Waals surface area contributed by atoms with Crippen molar-refractivity contribution in [1.82, 2.24) is 5.43 Å². The Kier molecular flexibility index (Phi) is 3.30. The third-order valence-electron chi connectivity index (χ3n) is 2.02. The minimum Gasteiger partial charge on any atom is -0.459 e. The quantitative estimate of drug-likeness (QED) is 0.651. The van der Waals surface area contributed by atoms with Gasteiger partial charge in [0.15, 0.2) is 5.76 Å². The van der Waals surface area contributed by atoms with E-state index in [4.69, 9.17) is 4.42 Å². The number of nitrogens with one attached hydrogen (secondary N) is 1. The molecule has 0 saturated carbocycles. The van der Waals surface area contributed by atoms with Crippen molar-refractivity contribution in [3.05, 3.63) is 59.8 Å². The minimum absolute atomic E-state index is 0.149. The maximum Gasteiger partial charge on any atom is 0.307 e. The normalized spacial score (nSPS) is 10.6. The van der Waals surface area contributed by atoms with Crippen LogP contribution in [-0.4, -0.2) is 12.1 Å². The van der Waals surface area contributed by atoms with Crippen LogP contribution in [0.3, 0.4) is 0 Å². The first kappa shape index (κ1) is 11.1. The van der Waals surface area contributed by atoms with Gasteiger partial charge in [0, 0.05) is 5.56 Å². The molecule has 2 rings (SSSR count). The summed E-state index contributed by atoms with van der Waals surface area (Å²) in [6, 6.07) is 9.23. The van der Waals surface area contributed by atoms with Crippen LogP contribution in [0.1, 0.15) is 16.1 Å². The topological polar surface area (TPSA) is 54.6 Å². The van der Waals surface area contributed by atoms with Gasteiger partial charge in [-0.25, -0.2) is 9.82 Å². The van der Waals surface area contributed by atoms with Crippen molar-refractivity contribution in [3.8, 4) is 0 Å². The SMILES string of the molecule is O=C(NN=Cc1ccccc1F)c1ccco1. The zero-order chi connectivity index (χ0) is 12.1. The molecule has 5 heteroatoms. The monoisotopic (exact) mass is 232 g/mol. The van der Waals surface area contributed by atoms with Crippen molar-refractivity contribution in [3.63, 3.8) is 0 Å². The lowest BCUT2D eigenvalue weighted by molar-refractivity contribution is 0.0927. The van der Waals surface area contributed by atoms with E-state index in [1.807, 2.05) is 0 Å². The van der Waals surface area contributed by atoms with Crippen LogP contribution in [0.25, 0.3) is 0 Å². The van der Waals surface area contributed by atoms with E-state index in [0.717, 1.165) is 0 Å². The van der Waals surface area contributed by atoms with Crippen molar-refractivity contribution in [2.45, 2.75) is 0 Å². The standard InChI is InChI=1S/C12H9FN2O2/c13-10-5-2-1-4-9(10)8-14-15-12(16)11-6-3-7-17-11/h1-8H,(H,15,16). The van der Waals surface area contributed by atoms with Crippen LogP contribution in [0.4, 0.5) is 4.39 Å². The Balaban J connectivity index is 1.99. The molecule has 0 fully saturated rings. The number of carbonyl (C=O) groups is 1. The maximum absolute atomic E-state index is 13.2. The van der Waals surface area contributed by atoms with Crippen LogP contribution < -0.4 is 5.43 Å². The second kappa shape index (κ2) is 5.07. The van der Waals surface area contributed by atoms with Gasteiger partial charge >= 0.3 is 5.91 Å². The van der Waals surface area contributed by atoms with Crippen LogP contribution in [-0.2, 0) is 0 Å². The van der Waals surface area contributed by atoms with E-state index in [0.29, 0.717) is 5.56 Å². The molecule has 1 amide bonds. The van der Waals surface area contributed by atoms with Gasteiger partial charge in [0.2, 0.25) is 0 Å². The lowest BCUT2D eigenvalue weighted by Gasteiger charge is -1.96. The predicted molar refractivity (Wildman–Crippen MR) is 60.2 cm³/mol. The summed E-state index contributed by atoms with van der Waals surface area (Å²) in [5.74, 6) is -0.734. The van der Waals surface area contributed by atoms with Crippen LogP contribution >= 0.6 is 0 Å². The molecule has 0 aliphatic heterocycles. The van der Waals surface area contributed by atoms with Gasteiger partial charge < -0.3 is 4.42 Å². The van der Waals surface area contributed by atoms with E-state index in [1.54, 1.807) is 24.3 Å². The Morgan fingerprint density at radius 3 is 2.82 bits per heavy atom. The van der Waals surface area contributed by atoms with Crippen molar-refractivity contribution >= 4 is 12.1 Å². The number of hydrogen-bond acceptors (Lipinski definition) is 3. The van der Waals surface area contributed by atoms with Crippen molar-refractivity contribution in [2.24, 2.45) is 5.10 Å². The molecule has 1 aromatic carbocycles. The summed E-state index contributed by atoms with van der Waals surface area (Å²) < 4.78 is 18.0. The average Bonchev–Trinajstić information content (AvgIpc) is 2.85. The van der Waals surface area contributed by atoms with Gasteiger partial charge in [-0.1, -0.05) is 18.2 Å². The Hall–Kier alpha value is -2.43. The highest BCUT2D eigenvalue weighted by Gasteiger charge is 2.05. The molecule has 4 nitrogen and oxygen atoms in total. The molecule has 0 bridgehead atoms. The highest BCUT2D eigenvalue weighted by atomic mass is 19.1. The van der Waals surface area contributed by atoms with Crippen LogP contribution in [0.2, 0.25) is 0 Å². The molecular weight excluding hydrogens is 223 g/mol. The summed E-state index contributed by atoms with van der Waals surface area (Å²) in [6.45, 7) is 0. The van der Waals surface area contributed by atoms with Gasteiger partial charge in [-0.3, -0.25) is 4.79 Å². The molecule has 0 radical (unpaired) electrons. The van der Waals surface area contributed by atoms with Crippen molar-refractivity contribution < 1.29 is 13.6 Å². The van der Waals surface area contributed by atoms with E-state index in [-0.39, 0.29) is 5.76 Å². The van der Waals surface area contributed by atoms with Gasteiger partial charge in [0.1, 0.15) is 5.82 Å². The third-order valence-corrected chi connectivity index (χ3v) is 2.02. The number of amides is 1. The summed E-state index contributed by atoms with van der Waals surface area (Å²) in [7, 11) is 0. The minimum atomic E-state index is -0.484. The molecule has 1 N–H and O–H groups in total. The summed E-state index contributed by atoms with van der Waals surface area (Å²) in [6.07, 6.45) is 2.62. The number of carbonyl (C=O) groups excluding carboxylic acids is 1. The van der Waals surface area contributed by atoms with Crippen LogP contribution in [0, 0.1) is 5.82 Å². The predicted octanol–water partition coefficient (Wildman–Crippen LogP) is 2.18. The van der Waals surface area contributed by atoms with E-state index in [1.165, 1.54) is 24.6 Å². The lowest BCUT2D eigenvalue weighted by Crippen LogP contribution is -2.16. The second-order valence-corrected chi connectivity index (χ2v) is 3.20. The molecule has 1 heterocycles. The number of furan rings is 1. The Morgan fingerprint density at radius 1 is 1.29 bits per heavy atom. The molecule has 0 spiro atoms. The third kappa shape index (κ3) is 2.78. The Labute approximate surface area is 96.8 Å². The highest BCUT2D eigenvalue weighted by Crippen LogP contribution is 2.03. The number of halogens is 1. The smallest absolute Gasteiger partial charge is 0.307 e. The van der Waals surface area contributed by atoms with E-state index in [2.05, 4.69) is 10.5 Å². The van der Waals surface area contributed by atoms with E-state index in [9.17, 15) is 9.18 Å². The molecule has 0 saturated heterocycles. The van der Waals surface area contributed by atoms with Gasteiger partial charge in [-0.2, -0.15) is 5.10 Å². The summed E-state index contributed by atoms with van der Waals surface area (Å²) in [4.78, 5) is 11.4. The number of rotatable bonds is 3. The van der Waals surface area contributed by atoms with Crippen LogP contribution in [0.5, 0.6) is 0 Å². The molecule has 2 aromatic rings. The van der Waals surface area contributed by atoms with Gasteiger partial charge in [-0.05, 0) is 18.2 Å². The summed E-state index contributed by atoms with van der Waals surface area (Å²) in [5.41, 5.74) is 2.53. The van der Waals surface area contributed by atoms with Gasteiger partial charge in [0.05, 0.1) is 12.5 Å². The molecule has 0 unspecified atom stereocenters. The number of nitrogens with zero attached hydrogens (tertiary/aromatic N) is 1. The average molecular weight is 232 g/mol. The molecule has 0 atom stereocenters. The first-order valence-electron chi connectivity index (χ1n) is 4.89. The fraction of sp³-hybridized carbons (Fsp3) is 0. The molecular formula is C12H9FN2O2. The van der Waals surface area contributed by atoms with E-state index < -0.39 is 11.7 Å². The second-order valence-electron chi connectivity index (χ2n) is 3.20. The zero-order valence-electron chi connectivity index (χ0n) is 8.76. The molecule has 17 heavy (non-hydrogen) atoms. The fourth-order valence-corrected chi connectivity index (χ4v) is 1.20. The van der Waals surface area contributed by atoms with Gasteiger partial charge in [-0.15, -0.1) is 0 Å². The number of hydrogen-bond donors (Lipinski definition) is 1. The largest absolute Gasteiger partial charge is 0.459 e. The lowest BCUT2D eigenvalue weighted by atomic mass is 10.2. The Morgan fingerprint density at radius 2 is 2.12 bits per heavy atom. The van der Waals surface area contributed by atoms with E-state index >= 15 is 0 Å². The van der Waals surface area contributed by atoms with Crippen LogP contribution in [0.15, 0.2) is 52.2 Å². The molecule has 86 valence electrons. The summed E-state index contributed by atoms with van der Waals surface area (Å²) in [5, 5.41) is 3.63. The number of hydrazone groups is 1. The van der Waals surface area contributed by atoms with Crippen molar-refractivity contribution in [2.75, 3.05) is 0 Å². The summed E-state index contributed by atoms with van der Waals surface area (Å²) >= 11 is 0. The van der Waals surface area contributed by atoms with Gasteiger partial charge in [0.25, 0.3) is 0 Å². The first-order chi connectivity index (χ1) is 8.27. The highest BCUT2D eigenvalue weighted by molar-refractivity contribution is 5.92. The van der Waals surface area contributed by atoms with Crippen molar-refractivity contribution in [1.29, 1.82) is 0 Å². The fourth-order valence-electron chi connectivity index (χ4n) is 1.20. The maximum atomic E-state index is 13.2. The molecule has 0 aliphatic carbocycles. The first-order valence-corrected chi connectivity index (χ1v) is 4.89. The zero-order valence-corrected chi connectivity index (χ0v) is 8.76. The molecule has 0 aliphatic rings.